The van der Waals surface area contributed by atoms with Crippen molar-refractivity contribution in [2.45, 2.75) is 6.92 Å². The molecule has 6 heteroatoms. The van der Waals surface area contributed by atoms with E-state index in [0.717, 1.165) is 12.1 Å². The van der Waals surface area contributed by atoms with E-state index in [1.165, 1.54) is 12.4 Å². The molecule has 1 aromatic carbocycles. The highest BCUT2D eigenvalue weighted by molar-refractivity contribution is 6.30. The molecule has 1 aromatic heterocycles. The summed E-state index contributed by atoms with van der Waals surface area (Å²) in [6, 6.07) is 3.60. The lowest BCUT2D eigenvalue weighted by molar-refractivity contribution is 0.590. The Morgan fingerprint density at radius 3 is 2.47 bits per heavy atom. The van der Waals surface area contributed by atoms with E-state index in [1.807, 2.05) is 0 Å². The molecule has 0 aliphatic carbocycles. The first-order valence-electron chi connectivity index (χ1n) is 4.77. The summed E-state index contributed by atoms with van der Waals surface area (Å²) in [4.78, 5) is 7.63. The molecule has 0 saturated carbocycles. The average Bonchev–Trinajstić information content (AvgIpc) is 2.29. The molecule has 0 saturated heterocycles. The maximum Gasteiger partial charge on any atom is 0.149 e. The predicted molar refractivity (Wildman–Crippen MR) is 61.4 cm³/mol. The molecule has 1 N–H and O–H groups in total. The molecule has 0 aliphatic rings. The third-order valence-electron chi connectivity index (χ3n) is 2.23. The van der Waals surface area contributed by atoms with E-state index in [4.69, 9.17) is 11.6 Å². The Morgan fingerprint density at radius 2 is 1.82 bits per heavy atom. The van der Waals surface area contributed by atoms with E-state index in [1.54, 1.807) is 6.92 Å². The van der Waals surface area contributed by atoms with Crippen molar-refractivity contribution in [2.75, 3.05) is 5.32 Å². The lowest BCUT2D eigenvalue weighted by Crippen LogP contribution is -2.02. The summed E-state index contributed by atoms with van der Waals surface area (Å²) in [5, 5.41) is 2.80. The number of nitrogens with one attached hydrogen (secondary N) is 1. The zero-order valence-corrected chi connectivity index (χ0v) is 9.59. The molecule has 88 valence electrons. The fourth-order valence-corrected chi connectivity index (χ4v) is 1.42. The second-order valence-electron chi connectivity index (χ2n) is 3.36. The molecular formula is C11H8ClF2N3. The normalized spacial score (nSPS) is 10.4. The van der Waals surface area contributed by atoms with Crippen LogP contribution in [0.15, 0.2) is 24.5 Å². The van der Waals surface area contributed by atoms with Crippen LogP contribution in [0.5, 0.6) is 0 Å². The van der Waals surface area contributed by atoms with Crippen molar-refractivity contribution in [1.82, 2.24) is 9.97 Å². The van der Waals surface area contributed by atoms with Gasteiger partial charge in [-0.15, -0.1) is 0 Å². The standard InChI is InChI=1S/C11H8ClF2N3/c1-6-10(12)15-5-16-11(6)17-9-7(13)3-2-4-8(9)14/h2-5H,1H3,(H,15,16,17). The molecule has 0 aliphatic heterocycles. The van der Waals surface area contributed by atoms with Crippen molar-refractivity contribution in [3.8, 4) is 0 Å². The molecular weight excluding hydrogens is 248 g/mol. The number of hydrogen-bond donors (Lipinski definition) is 1. The summed E-state index contributed by atoms with van der Waals surface area (Å²) < 4.78 is 26.8. The van der Waals surface area contributed by atoms with Gasteiger partial charge in [0.05, 0.1) is 0 Å². The van der Waals surface area contributed by atoms with E-state index >= 15 is 0 Å². The summed E-state index contributed by atoms with van der Waals surface area (Å²) in [5.41, 5.74) is 0.266. The SMILES string of the molecule is Cc1c(Cl)ncnc1Nc1c(F)cccc1F. The van der Waals surface area contributed by atoms with Crippen molar-refractivity contribution in [1.29, 1.82) is 0 Å². The molecule has 0 radical (unpaired) electrons. The number of rotatable bonds is 2. The first kappa shape index (κ1) is 11.7. The maximum atomic E-state index is 13.4. The highest BCUT2D eigenvalue weighted by Crippen LogP contribution is 2.25. The van der Waals surface area contributed by atoms with E-state index in [0.29, 0.717) is 5.56 Å². The third kappa shape index (κ3) is 2.34. The van der Waals surface area contributed by atoms with Gasteiger partial charge >= 0.3 is 0 Å². The van der Waals surface area contributed by atoms with E-state index in [-0.39, 0.29) is 16.7 Å². The van der Waals surface area contributed by atoms with E-state index in [9.17, 15) is 8.78 Å². The number of para-hydroxylation sites is 1. The topological polar surface area (TPSA) is 37.8 Å². The molecule has 0 bridgehead atoms. The predicted octanol–water partition coefficient (Wildman–Crippen LogP) is 3.46. The van der Waals surface area contributed by atoms with Gasteiger partial charge in [0.25, 0.3) is 0 Å². The van der Waals surface area contributed by atoms with E-state index < -0.39 is 11.6 Å². The van der Waals surface area contributed by atoms with Crippen molar-refractivity contribution >= 4 is 23.1 Å². The Balaban J connectivity index is 2.42. The van der Waals surface area contributed by atoms with Crippen molar-refractivity contribution < 1.29 is 8.78 Å². The van der Waals surface area contributed by atoms with E-state index in [2.05, 4.69) is 15.3 Å². The molecule has 2 rings (SSSR count). The van der Waals surface area contributed by atoms with Gasteiger partial charge in [-0.2, -0.15) is 0 Å². The zero-order chi connectivity index (χ0) is 12.4. The van der Waals surface area contributed by atoms with Crippen LogP contribution in [0.1, 0.15) is 5.56 Å². The summed E-state index contributed by atoms with van der Waals surface area (Å²) in [6.07, 6.45) is 1.22. The average molecular weight is 256 g/mol. The van der Waals surface area contributed by atoms with Gasteiger partial charge in [0.1, 0.15) is 34.6 Å². The molecule has 3 nitrogen and oxygen atoms in total. The van der Waals surface area contributed by atoms with Crippen LogP contribution in [0.4, 0.5) is 20.3 Å². The second-order valence-corrected chi connectivity index (χ2v) is 3.72. The minimum Gasteiger partial charge on any atom is -0.335 e. The van der Waals surface area contributed by atoms with Gasteiger partial charge in [0, 0.05) is 5.56 Å². The largest absolute Gasteiger partial charge is 0.335 e. The molecule has 0 fully saturated rings. The van der Waals surface area contributed by atoms with Crippen LogP contribution in [-0.4, -0.2) is 9.97 Å². The van der Waals surface area contributed by atoms with Crippen molar-refractivity contribution in [3.05, 3.63) is 46.9 Å². The molecule has 0 spiro atoms. The second kappa shape index (κ2) is 4.63. The summed E-state index contributed by atoms with van der Waals surface area (Å²) in [7, 11) is 0. The minimum atomic E-state index is -0.695. The lowest BCUT2D eigenvalue weighted by atomic mass is 10.2. The van der Waals surface area contributed by atoms with Crippen LogP contribution in [0.3, 0.4) is 0 Å². The number of halogens is 3. The Kier molecular flexibility index (Phi) is 3.19. The molecule has 1 heterocycles. The summed E-state index contributed by atoms with van der Waals surface area (Å²) >= 11 is 5.78. The van der Waals surface area contributed by atoms with Gasteiger partial charge in [-0.1, -0.05) is 17.7 Å². The Bertz CT molecular complexity index is 540. The Morgan fingerprint density at radius 1 is 1.18 bits per heavy atom. The first-order valence-corrected chi connectivity index (χ1v) is 5.15. The number of nitrogens with zero attached hydrogens (tertiary/aromatic N) is 2. The Labute approximate surface area is 101 Å². The maximum absolute atomic E-state index is 13.4. The van der Waals surface area contributed by atoms with Crippen LogP contribution in [0.25, 0.3) is 0 Å². The fraction of sp³-hybridized carbons (Fsp3) is 0.0909. The summed E-state index contributed by atoms with van der Waals surface area (Å²) in [6.45, 7) is 1.66. The van der Waals surface area contributed by atoms with Crippen LogP contribution in [0, 0.1) is 18.6 Å². The molecule has 0 amide bonds. The van der Waals surface area contributed by atoms with Crippen LogP contribution in [0.2, 0.25) is 5.15 Å². The highest BCUT2D eigenvalue weighted by Gasteiger charge is 2.11. The fourth-order valence-electron chi connectivity index (χ4n) is 1.29. The van der Waals surface area contributed by atoms with Crippen LogP contribution >= 0.6 is 11.6 Å². The van der Waals surface area contributed by atoms with Gasteiger partial charge in [0.2, 0.25) is 0 Å². The number of anilines is 2. The van der Waals surface area contributed by atoms with Gasteiger partial charge < -0.3 is 5.32 Å². The van der Waals surface area contributed by atoms with Crippen molar-refractivity contribution in [3.63, 3.8) is 0 Å². The van der Waals surface area contributed by atoms with Crippen LogP contribution < -0.4 is 5.32 Å². The van der Waals surface area contributed by atoms with Gasteiger partial charge in [-0.05, 0) is 19.1 Å². The number of benzene rings is 1. The molecule has 17 heavy (non-hydrogen) atoms. The van der Waals surface area contributed by atoms with Gasteiger partial charge in [-0.3, -0.25) is 0 Å². The lowest BCUT2D eigenvalue weighted by Gasteiger charge is -2.10. The van der Waals surface area contributed by atoms with Gasteiger partial charge in [-0.25, -0.2) is 18.7 Å². The molecule has 0 unspecified atom stereocenters. The number of aromatic nitrogens is 2. The number of hydrogen-bond acceptors (Lipinski definition) is 3. The third-order valence-corrected chi connectivity index (χ3v) is 2.61. The molecule has 2 aromatic rings. The molecule has 0 atom stereocenters. The Hall–Kier alpha value is -1.75. The first-order chi connectivity index (χ1) is 8.09. The smallest absolute Gasteiger partial charge is 0.149 e. The zero-order valence-electron chi connectivity index (χ0n) is 8.84. The highest BCUT2D eigenvalue weighted by atomic mass is 35.5. The van der Waals surface area contributed by atoms with Gasteiger partial charge in [0.15, 0.2) is 0 Å². The monoisotopic (exact) mass is 255 g/mol. The summed E-state index contributed by atoms with van der Waals surface area (Å²) in [5.74, 6) is -1.12. The van der Waals surface area contributed by atoms with Crippen molar-refractivity contribution in [2.24, 2.45) is 0 Å². The van der Waals surface area contributed by atoms with Crippen LogP contribution in [-0.2, 0) is 0 Å². The minimum absolute atomic E-state index is 0.235. The quantitative estimate of drug-likeness (QED) is 0.835.